The Morgan fingerprint density at radius 1 is 1.26 bits per heavy atom. The van der Waals surface area contributed by atoms with Crippen molar-refractivity contribution in [3.63, 3.8) is 0 Å². The quantitative estimate of drug-likeness (QED) is 0.715. The van der Waals surface area contributed by atoms with Crippen molar-refractivity contribution in [2.45, 2.75) is 6.92 Å². The van der Waals surface area contributed by atoms with E-state index >= 15 is 0 Å². The van der Waals surface area contributed by atoms with Crippen LogP contribution in [0.15, 0.2) is 51.8 Å². The summed E-state index contributed by atoms with van der Waals surface area (Å²) in [5.41, 5.74) is 1.41. The Bertz CT molecular complexity index is 906. The Morgan fingerprint density at radius 2 is 2.13 bits per heavy atom. The summed E-state index contributed by atoms with van der Waals surface area (Å²) in [6.45, 7) is 1.89. The largest absolute Gasteiger partial charge is 0.423 e. The van der Waals surface area contributed by atoms with Gasteiger partial charge in [0.2, 0.25) is 5.91 Å². The van der Waals surface area contributed by atoms with E-state index in [9.17, 15) is 9.59 Å². The number of rotatable bonds is 4. The Kier molecular flexibility index (Phi) is 4.01. The molecule has 1 aromatic carbocycles. The predicted molar refractivity (Wildman–Crippen MR) is 86.4 cm³/mol. The molecule has 0 aliphatic carbocycles. The molecule has 0 saturated heterocycles. The van der Waals surface area contributed by atoms with Crippen molar-refractivity contribution in [1.82, 2.24) is 10.2 Å². The second-order valence-corrected chi connectivity index (χ2v) is 4.97. The van der Waals surface area contributed by atoms with Crippen LogP contribution >= 0.6 is 0 Å². The van der Waals surface area contributed by atoms with E-state index in [-0.39, 0.29) is 12.5 Å². The summed E-state index contributed by atoms with van der Waals surface area (Å²) in [7, 11) is 0. The van der Waals surface area contributed by atoms with Gasteiger partial charge in [0.25, 0.3) is 0 Å². The van der Waals surface area contributed by atoms with Gasteiger partial charge in [-0.25, -0.2) is 4.79 Å². The number of aryl methyl sites for hydroxylation is 1. The van der Waals surface area contributed by atoms with E-state index in [0.717, 1.165) is 10.9 Å². The lowest BCUT2D eigenvalue weighted by molar-refractivity contribution is -0.114. The summed E-state index contributed by atoms with van der Waals surface area (Å²) in [5.74, 6) is 0.271. The fourth-order valence-corrected chi connectivity index (χ4v) is 2.17. The van der Waals surface area contributed by atoms with E-state index < -0.39 is 5.63 Å². The second-order valence-electron chi connectivity index (χ2n) is 4.97. The maximum atomic E-state index is 11.9. The smallest absolute Gasteiger partial charge is 0.336 e. The van der Waals surface area contributed by atoms with Crippen LogP contribution in [0.5, 0.6) is 0 Å². The highest BCUT2D eigenvalue weighted by Crippen LogP contribution is 2.20. The van der Waals surface area contributed by atoms with E-state index in [2.05, 4.69) is 20.8 Å². The van der Waals surface area contributed by atoms with Gasteiger partial charge in [-0.2, -0.15) is 5.10 Å². The standard InChI is InChI=1S/C16H14N4O3/c1-10-7-16(22)23-13-8-11(4-5-12(10)13)19-15(21)9-17-14-3-2-6-18-20-14/h2-8H,9H2,1H3,(H,17,20)(H,19,21). The summed E-state index contributed by atoms with van der Waals surface area (Å²) in [5, 5.41) is 14.0. The molecule has 7 nitrogen and oxygen atoms in total. The summed E-state index contributed by atoms with van der Waals surface area (Å²) >= 11 is 0. The predicted octanol–water partition coefficient (Wildman–Crippen LogP) is 1.94. The third kappa shape index (κ3) is 3.52. The van der Waals surface area contributed by atoms with E-state index in [4.69, 9.17) is 4.42 Å². The number of fused-ring (bicyclic) bond motifs is 1. The topological polar surface area (TPSA) is 97.1 Å². The molecule has 0 spiro atoms. The molecule has 0 aliphatic rings. The molecule has 2 N–H and O–H groups in total. The highest BCUT2D eigenvalue weighted by Gasteiger charge is 2.06. The number of aromatic nitrogens is 2. The van der Waals surface area contributed by atoms with Gasteiger partial charge in [-0.3, -0.25) is 4.79 Å². The number of hydrogen-bond donors (Lipinski definition) is 2. The Labute approximate surface area is 131 Å². The number of benzene rings is 1. The van der Waals surface area contributed by atoms with Gasteiger partial charge in [0.05, 0.1) is 6.54 Å². The number of nitrogens with zero attached hydrogens (tertiary/aromatic N) is 2. The van der Waals surface area contributed by atoms with Crippen molar-refractivity contribution in [2.24, 2.45) is 0 Å². The van der Waals surface area contributed by atoms with Crippen molar-refractivity contribution in [3.8, 4) is 0 Å². The molecule has 1 amide bonds. The Morgan fingerprint density at radius 3 is 2.91 bits per heavy atom. The monoisotopic (exact) mass is 310 g/mol. The van der Waals surface area contributed by atoms with Gasteiger partial charge in [-0.05, 0) is 36.8 Å². The van der Waals surface area contributed by atoms with Crippen LogP contribution in [-0.4, -0.2) is 22.6 Å². The molecule has 0 fully saturated rings. The fraction of sp³-hybridized carbons (Fsp3) is 0.125. The fourth-order valence-electron chi connectivity index (χ4n) is 2.17. The zero-order valence-electron chi connectivity index (χ0n) is 12.4. The maximum Gasteiger partial charge on any atom is 0.336 e. The van der Waals surface area contributed by atoms with Gasteiger partial charge < -0.3 is 15.1 Å². The van der Waals surface area contributed by atoms with Gasteiger partial charge in [-0.15, -0.1) is 5.10 Å². The molecule has 3 rings (SSSR count). The summed E-state index contributed by atoms with van der Waals surface area (Å²) in [6.07, 6.45) is 1.55. The van der Waals surface area contributed by atoms with Crippen LogP contribution in [0.25, 0.3) is 11.0 Å². The molecule has 3 aromatic rings. The molecule has 0 saturated carbocycles. The van der Waals surface area contributed by atoms with Crippen LogP contribution in [0.2, 0.25) is 0 Å². The van der Waals surface area contributed by atoms with Crippen molar-refractivity contribution >= 4 is 28.4 Å². The van der Waals surface area contributed by atoms with E-state index in [1.165, 1.54) is 6.07 Å². The molecule has 0 aliphatic heterocycles. The summed E-state index contributed by atoms with van der Waals surface area (Å²) in [4.78, 5) is 23.4. The van der Waals surface area contributed by atoms with Gasteiger partial charge in [-0.1, -0.05) is 0 Å². The third-order valence-electron chi connectivity index (χ3n) is 3.24. The van der Waals surface area contributed by atoms with Crippen LogP contribution in [0, 0.1) is 6.92 Å². The number of amides is 1. The Hall–Kier alpha value is -3.22. The second kappa shape index (κ2) is 6.27. The van der Waals surface area contributed by atoms with Crippen molar-refractivity contribution in [1.29, 1.82) is 0 Å². The van der Waals surface area contributed by atoms with E-state index in [0.29, 0.717) is 17.1 Å². The zero-order valence-corrected chi connectivity index (χ0v) is 12.4. The summed E-state index contributed by atoms with van der Waals surface area (Å²) < 4.78 is 5.15. The van der Waals surface area contributed by atoms with E-state index in [1.54, 1.807) is 36.5 Å². The molecule has 2 heterocycles. The SMILES string of the molecule is Cc1cc(=O)oc2cc(NC(=O)CNc3cccnn3)ccc12. The van der Waals surface area contributed by atoms with Crippen molar-refractivity contribution < 1.29 is 9.21 Å². The van der Waals surface area contributed by atoms with Gasteiger partial charge in [0, 0.05) is 29.4 Å². The van der Waals surface area contributed by atoms with Gasteiger partial charge in [0.15, 0.2) is 0 Å². The highest BCUT2D eigenvalue weighted by molar-refractivity contribution is 5.95. The first-order chi connectivity index (χ1) is 11.1. The van der Waals surface area contributed by atoms with Crippen LogP contribution in [0.3, 0.4) is 0 Å². The number of nitrogens with one attached hydrogen (secondary N) is 2. The van der Waals surface area contributed by atoms with Crippen LogP contribution < -0.4 is 16.3 Å². The molecule has 0 bridgehead atoms. The Balaban J connectivity index is 1.71. The lowest BCUT2D eigenvalue weighted by atomic mass is 10.1. The summed E-state index contributed by atoms with van der Waals surface area (Å²) in [6, 6.07) is 10.1. The molecular weight excluding hydrogens is 296 g/mol. The highest BCUT2D eigenvalue weighted by atomic mass is 16.4. The number of anilines is 2. The molecule has 7 heteroatoms. The molecule has 0 unspecified atom stereocenters. The van der Waals surface area contributed by atoms with Crippen LogP contribution in [0.4, 0.5) is 11.5 Å². The molecule has 0 atom stereocenters. The molecule has 0 radical (unpaired) electrons. The normalized spacial score (nSPS) is 10.5. The van der Waals surface area contributed by atoms with Crippen molar-refractivity contribution in [3.05, 3.63) is 58.6 Å². The number of hydrogen-bond acceptors (Lipinski definition) is 6. The third-order valence-corrected chi connectivity index (χ3v) is 3.24. The average molecular weight is 310 g/mol. The molecule has 116 valence electrons. The molecule has 2 aromatic heterocycles. The van der Waals surface area contributed by atoms with Gasteiger partial charge in [0.1, 0.15) is 11.4 Å². The molecule has 23 heavy (non-hydrogen) atoms. The minimum atomic E-state index is -0.414. The maximum absolute atomic E-state index is 11.9. The van der Waals surface area contributed by atoms with Crippen molar-refractivity contribution in [2.75, 3.05) is 17.2 Å². The lowest BCUT2D eigenvalue weighted by Gasteiger charge is -2.08. The number of carbonyl (C=O) groups excluding carboxylic acids is 1. The van der Waals surface area contributed by atoms with E-state index in [1.807, 2.05) is 6.92 Å². The first kappa shape index (κ1) is 14.7. The minimum absolute atomic E-state index is 0.0501. The lowest BCUT2D eigenvalue weighted by Crippen LogP contribution is -2.22. The zero-order chi connectivity index (χ0) is 16.2. The molecular formula is C16H14N4O3. The van der Waals surface area contributed by atoms with Gasteiger partial charge >= 0.3 is 5.63 Å². The number of carbonyl (C=O) groups is 1. The first-order valence-corrected chi connectivity index (χ1v) is 6.98. The average Bonchev–Trinajstić information content (AvgIpc) is 2.53. The van der Waals surface area contributed by atoms with Crippen LogP contribution in [0.1, 0.15) is 5.56 Å². The minimum Gasteiger partial charge on any atom is -0.423 e. The first-order valence-electron chi connectivity index (χ1n) is 6.98. The van der Waals surface area contributed by atoms with Crippen LogP contribution in [-0.2, 0) is 4.79 Å².